The number of rotatable bonds is 1. The van der Waals surface area contributed by atoms with Gasteiger partial charge in [0.15, 0.2) is 0 Å². The standard InChI is InChI=1S/C12H11N5/c13-11-8(6-15-12(14)17-11)10-5-7-3-1-2-4-9(7)16-10/h1-6,16H,(H4,13,14,15,17). The number of aromatic amines is 1. The molecule has 0 saturated heterocycles. The Kier molecular flexibility index (Phi) is 1.98. The summed E-state index contributed by atoms with van der Waals surface area (Å²) in [6.45, 7) is 0. The van der Waals surface area contributed by atoms with Gasteiger partial charge in [-0.3, -0.25) is 0 Å². The van der Waals surface area contributed by atoms with E-state index in [4.69, 9.17) is 11.5 Å². The van der Waals surface area contributed by atoms with Crippen LogP contribution in [0.2, 0.25) is 0 Å². The van der Waals surface area contributed by atoms with Crippen molar-refractivity contribution in [1.82, 2.24) is 15.0 Å². The molecule has 1 aromatic carbocycles. The van der Waals surface area contributed by atoms with Crippen LogP contribution < -0.4 is 11.5 Å². The summed E-state index contributed by atoms with van der Waals surface area (Å²) in [5.41, 5.74) is 14.0. The summed E-state index contributed by atoms with van der Waals surface area (Å²) in [5, 5.41) is 1.12. The van der Waals surface area contributed by atoms with E-state index in [9.17, 15) is 0 Å². The number of nitrogen functional groups attached to an aromatic ring is 2. The molecule has 0 aliphatic carbocycles. The van der Waals surface area contributed by atoms with E-state index in [2.05, 4.69) is 15.0 Å². The topological polar surface area (TPSA) is 93.6 Å². The van der Waals surface area contributed by atoms with Crippen LogP contribution in [0.1, 0.15) is 0 Å². The van der Waals surface area contributed by atoms with Gasteiger partial charge >= 0.3 is 0 Å². The number of anilines is 2. The Morgan fingerprint density at radius 3 is 2.71 bits per heavy atom. The fourth-order valence-corrected chi connectivity index (χ4v) is 1.84. The van der Waals surface area contributed by atoms with Gasteiger partial charge in [0.1, 0.15) is 5.82 Å². The summed E-state index contributed by atoms with van der Waals surface area (Å²) < 4.78 is 0. The number of fused-ring (bicyclic) bond motifs is 1. The lowest BCUT2D eigenvalue weighted by Crippen LogP contribution is -2.00. The largest absolute Gasteiger partial charge is 0.383 e. The molecule has 0 spiro atoms. The van der Waals surface area contributed by atoms with E-state index in [0.717, 1.165) is 22.2 Å². The highest BCUT2D eigenvalue weighted by molar-refractivity contribution is 5.87. The van der Waals surface area contributed by atoms with Crippen molar-refractivity contribution < 1.29 is 0 Å². The Hall–Kier alpha value is -2.56. The summed E-state index contributed by atoms with van der Waals surface area (Å²) in [5.74, 6) is 0.561. The lowest BCUT2D eigenvalue weighted by atomic mass is 10.2. The van der Waals surface area contributed by atoms with Gasteiger partial charge in [0.05, 0.1) is 11.3 Å². The molecule has 2 aromatic heterocycles. The summed E-state index contributed by atoms with van der Waals surface area (Å²) in [6, 6.07) is 10.0. The van der Waals surface area contributed by atoms with Crippen LogP contribution in [0.15, 0.2) is 36.5 Å². The number of nitrogens with two attached hydrogens (primary N) is 2. The number of benzene rings is 1. The molecular formula is C12H11N5. The van der Waals surface area contributed by atoms with Gasteiger partial charge in [0.25, 0.3) is 0 Å². The third-order valence-corrected chi connectivity index (χ3v) is 2.66. The quantitative estimate of drug-likeness (QED) is 0.588. The van der Waals surface area contributed by atoms with E-state index in [0.29, 0.717) is 5.82 Å². The molecule has 5 nitrogen and oxygen atoms in total. The highest BCUT2D eigenvalue weighted by Crippen LogP contribution is 2.26. The molecule has 84 valence electrons. The van der Waals surface area contributed by atoms with Gasteiger partial charge in [-0.1, -0.05) is 18.2 Å². The van der Waals surface area contributed by atoms with Gasteiger partial charge in [-0.05, 0) is 12.1 Å². The SMILES string of the molecule is Nc1ncc(-c2cc3ccccc3[nH]2)c(N)n1. The first-order valence-electron chi connectivity index (χ1n) is 5.20. The van der Waals surface area contributed by atoms with Crippen molar-refractivity contribution >= 4 is 22.7 Å². The van der Waals surface area contributed by atoms with Crippen LogP contribution in [0.5, 0.6) is 0 Å². The number of para-hydroxylation sites is 1. The minimum atomic E-state index is 0.183. The Morgan fingerprint density at radius 2 is 1.94 bits per heavy atom. The highest BCUT2D eigenvalue weighted by atomic mass is 15.0. The summed E-state index contributed by atoms with van der Waals surface area (Å²) >= 11 is 0. The Balaban J connectivity index is 2.20. The molecule has 3 rings (SSSR count). The normalized spacial score (nSPS) is 10.8. The number of nitrogens with zero attached hydrogens (tertiary/aromatic N) is 2. The number of hydrogen-bond donors (Lipinski definition) is 3. The van der Waals surface area contributed by atoms with Crippen LogP contribution in [-0.2, 0) is 0 Å². The van der Waals surface area contributed by atoms with E-state index >= 15 is 0 Å². The van der Waals surface area contributed by atoms with Crippen molar-refractivity contribution in [2.75, 3.05) is 11.5 Å². The second kappa shape index (κ2) is 3.48. The molecule has 0 aliphatic rings. The summed E-state index contributed by atoms with van der Waals surface area (Å²) in [7, 11) is 0. The van der Waals surface area contributed by atoms with E-state index in [1.165, 1.54) is 0 Å². The maximum absolute atomic E-state index is 5.82. The molecule has 0 fully saturated rings. The third-order valence-electron chi connectivity index (χ3n) is 2.66. The molecule has 0 bridgehead atoms. The number of hydrogen-bond acceptors (Lipinski definition) is 4. The number of nitrogens with one attached hydrogen (secondary N) is 1. The molecule has 0 atom stereocenters. The molecule has 3 aromatic rings. The van der Waals surface area contributed by atoms with E-state index in [-0.39, 0.29) is 5.95 Å². The second-order valence-corrected chi connectivity index (χ2v) is 3.80. The molecule has 5 N–H and O–H groups in total. The fourth-order valence-electron chi connectivity index (χ4n) is 1.84. The van der Waals surface area contributed by atoms with Crippen LogP contribution in [0.25, 0.3) is 22.2 Å². The van der Waals surface area contributed by atoms with Gasteiger partial charge in [0, 0.05) is 17.1 Å². The summed E-state index contributed by atoms with van der Waals surface area (Å²) in [4.78, 5) is 11.2. The predicted molar refractivity (Wildman–Crippen MR) is 68.1 cm³/mol. The maximum atomic E-state index is 5.82. The van der Waals surface area contributed by atoms with Gasteiger partial charge in [-0.15, -0.1) is 0 Å². The number of aromatic nitrogens is 3. The fraction of sp³-hybridized carbons (Fsp3) is 0. The van der Waals surface area contributed by atoms with Crippen molar-refractivity contribution in [3.63, 3.8) is 0 Å². The Bertz CT molecular complexity index is 653. The van der Waals surface area contributed by atoms with Crippen LogP contribution in [0.3, 0.4) is 0 Å². The van der Waals surface area contributed by atoms with Crippen LogP contribution in [0.4, 0.5) is 11.8 Å². The first-order valence-corrected chi connectivity index (χ1v) is 5.20. The van der Waals surface area contributed by atoms with Crippen molar-refractivity contribution in [3.05, 3.63) is 36.5 Å². The van der Waals surface area contributed by atoms with Crippen molar-refractivity contribution in [1.29, 1.82) is 0 Å². The predicted octanol–water partition coefficient (Wildman–Crippen LogP) is 1.79. The second-order valence-electron chi connectivity index (χ2n) is 3.80. The molecule has 0 amide bonds. The lowest BCUT2D eigenvalue weighted by Gasteiger charge is -2.01. The van der Waals surface area contributed by atoms with E-state index < -0.39 is 0 Å². The Morgan fingerprint density at radius 1 is 1.12 bits per heavy atom. The van der Waals surface area contributed by atoms with Crippen LogP contribution >= 0.6 is 0 Å². The molecule has 0 saturated carbocycles. The van der Waals surface area contributed by atoms with Gasteiger partial charge < -0.3 is 16.5 Å². The monoisotopic (exact) mass is 225 g/mol. The van der Waals surface area contributed by atoms with Crippen molar-refractivity contribution in [2.45, 2.75) is 0 Å². The van der Waals surface area contributed by atoms with E-state index in [1.807, 2.05) is 30.3 Å². The average Bonchev–Trinajstić information content (AvgIpc) is 2.72. The zero-order valence-corrected chi connectivity index (χ0v) is 9.01. The zero-order chi connectivity index (χ0) is 11.8. The molecule has 17 heavy (non-hydrogen) atoms. The highest BCUT2D eigenvalue weighted by Gasteiger charge is 2.08. The first kappa shape index (κ1) is 9.65. The third kappa shape index (κ3) is 1.57. The van der Waals surface area contributed by atoms with Gasteiger partial charge in [-0.25, -0.2) is 4.98 Å². The molecular weight excluding hydrogens is 214 g/mol. The van der Waals surface area contributed by atoms with E-state index in [1.54, 1.807) is 6.20 Å². The lowest BCUT2D eigenvalue weighted by molar-refractivity contribution is 1.19. The van der Waals surface area contributed by atoms with Crippen molar-refractivity contribution in [2.24, 2.45) is 0 Å². The molecule has 5 heteroatoms. The minimum absolute atomic E-state index is 0.183. The molecule has 0 radical (unpaired) electrons. The maximum Gasteiger partial charge on any atom is 0.221 e. The van der Waals surface area contributed by atoms with Crippen molar-refractivity contribution in [3.8, 4) is 11.3 Å². The summed E-state index contributed by atoms with van der Waals surface area (Å²) in [6.07, 6.45) is 1.63. The Labute approximate surface area is 97.5 Å². The van der Waals surface area contributed by atoms with Gasteiger partial charge in [-0.2, -0.15) is 4.98 Å². The molecule has 0 aliphatic heterocycles. The molecule has 2 heterocycles. The van der Waals surface area contributed by atoms with Crippen LogP contribution in [-0.4, -0.2) is 15.0 Å². The smallest absolute Gasteiger partial charge is 0.221 e. The first-order chi connectivity index (χ1) is 8.24. The molecule has 0 unspecified atom stereocenters. The number of H-pyrrole nitrogens is 1. The van der Waals surface area contributed by atoms with Crippen LogP contribution in [0, 0.1) is 0 Å². The average molecular weight is 225 g/mol. The zero-order valence-electron chi connectivity index (χ0n) is 9.01. The van der Waals surface area contributed by atoms with Gasteiger partial charge in [0.2, 0.25) is 5.95 Å². The minimum Gasteiger partial charge on any atom is -0.383 e.